The molecular formula is C34H48N4O2S. The number of benzene rings is 2. The lowest BCUT2D eigenvalue weighted by Crippen LogP contribution is -2.49. The first-order valence-electron chi connectivity index (χ1n) is 14.9. The molecule has 2 aromatic carbocycles. The van der Waals surface area contributed by atoms with Crippen LogP contribution in [0.5, 0.6) is 0 Å². The summed E-state index contributed by atoms with van der Waals surface area (Å²) >= 11 is 1.62. The minimum atomic E-state index is -0.533. The van der Waals surface area contributed by atoms with Crippen LogP contribution < -0.4 is 10.6 Å². The summed E-state index contributed by atoms with van der Waals surface area (Å²) in [6.45, 7) is 8.65. The van der Waals surface area contributed by atoms with Crippen molar-refractivity contribution in [2.75, 3.05) is 14.1 Å². The summed E-state index contributed by atoms with van der Waals surface area (Å²) < 4.78 is 0. The van der Waals surface area contributed by atoms with E-state index in [1.165, 1.54) is 11.1 Å². The van der Waals surface area contributed by atoms with Crippen LogP contribution in [-0.2, 0) is 24.2 Å². The van der Waals surface area contributed by atoms with Crippen molar-refractivity contribution in [3.63, 3.8) is 0 Å². The second kappa shape index (κ2) is 16.4. The van der Waals surface area contributed by atoms with Crippen LogP contribution in [0.2, 0.25) is 0 Å². The lowest BCUT2D eigenvalue weighted by atomic mass is 9.85. The summed E-state index contributed by atoms with van der Waals surface area (Å²) in [5.74, 6) is 0.646. The van der Waals surface area contributed by atoms with E-state index >= 15 is 0 Å². The maximum absolute atomic E-state index is 13.7. The number of ketones is 1. The third-order valence-electron chi connectivity index (χ3n) is 7.62. The second-order valence-corrected chi connectivity index (χ2v) is 12.7. The molecule has 0 saturated heterocycles. The van der Waals surface area contributed by atoms with E-state index in [-0.39, 0.29) is 23.7 Å². The molecule has 0 saturated carbocycles. The van der Waals surface area contributed by atoms with Gasteiger partial charge in [-0.05, 0) is 55.7 Å². The molecule has 0 bridgehead atoms. The van der Waals surface area contributed by atoms with Crippen molar-refractivity contribution in [1.29, 1.82) is 0 Å². The van der Waals surface area contributed by atoms with E-state index < -0.39 is 6.04 Å². The Labute approximate surface area is 251 Å². The van der Waals surface area contributed by atoms with Crippen LogP contribution in [0, 0.1) is 11.8 Å². The van der Waals surface area contributed by atoms with Crippen molar-refractivity contribution in [1.82, 2.24) is 20.5 Å². The molecule has 0 unspecified atom stereocenters. The smallest absolute Gasteiger partial charge is 0.318 e. The molecule has 0 spiro atoms. The highest BCUT2D eigenvalue weighted by Crippen LogP contribution is 2.23. The predicted octanol–water partition coefficient (Wildman–Crippen LogP) is 6.86. The van der Waals surface area contributed by atoms with Gasteiger partial charge in [-0.3, -0.25) is 4.79 Å². The Hall–Kier alpha value is -3.03. The van der Waals surface area contributed by atoms with Crippen LogP contribution >= 0.6 is 11.3 Å². The van der Waals surface area contributed by atoms with Gasteiger partial charge in [-0.2, -0.15) is 0 Å². The molecule has 3 rings (SSSR count). The number of nitrogens with one attached hydrogen (secondary N) is 2. The number of carbonyl (C=O) groups is 2. The number of carbonyl (C=O) groups excluding carboxylic acids is 2. The third-order valence-corrected chi connectivity index (χ3v) is 8.81. The first-order valence-corrected chi connectivity index (χ1v) is 15.8. The highest BCUT2D eigenvalue weighted by molar-refractivity contribution is 7.09. The standard InChI is InChI=1S/C34H48N4O2S/c1-24(2)32(37-34(40)38(6)22-30-23-41-33(36-30)25(3)4)31(39)21-28(19-26-13-9-7-10-14-26)17-18-29(35-5)20-27-15-11-8-12-16-27/h7-16,23-25,28-29,32,35H,17-22H2,1-6H3,(H,37,40)/t28-,29-,32+/m1/s1. The van der Waals surface area contributed by atoms with Crippen LogP contribution in [0.15, 0.2) is 66.0 Å². The number of amides is 2. The van der Waals surface area contributed by atoms with Crippen LogP contribution in [0.4, 0.5) is 4.79 Å². The number of hydrogen-bond acceptors (Lipinski definition) is 5. The van der Waals surface area contributed by atoms with E-state index in [0.717, 1.165) is 36.4 Å². The summed E-state index contributed by atoms with van der Waals surface area (Å²) in [6, 6.07) is 20.5. The molecule has 0 aliphatic rings. The van der Waals surface area contributed by atoms with Gasteiger partial charge >= 0.3 is 6.03 Å². The first kappa shape index (κ1) is 32.5. The summed E-state index contributed by atoms with van der Waals surface area (Å²) in [5, 5.41) is 9.60. The summed E-state index contributed by atoms with van der Waals surface area (Å²) in [7, 11) is 3.77. The van der Waals surface area contributed by atoms with Gasteiger partial charge in [-0.1, -0.05) is 88.4 Å². The largest absolute Gasteiger partial charge is 0.328 e. The molecule has 41 heavy (non-hydrogen) atoms. The molecule has 7 heteroatoms. The van der Waals surface area contributed by atoms with E-state index in [4.69, 9.17) is 0 Å². The van der Waals surface area contributed by atoms with Crippen molar-refractivity contribution in [2.24, 2.45) is 11.8 Å². The lowest BCUT2D eigenvalue weighted by molar-refractivity contribution is -0.122. The quantitative estimate of drug-likeness (QED) is 0.195. The minimum Gasteiger partial charge on any atom is -0.328 e. The monoisotopic (exact) mass is 576 g/mol. The fraction of sp³-hybridized carbons (Fsp3) is 0.500. The van der Waals surface area contributed by atoms with Crippen molar-refractivity contribution in [2.45, 2.75) is 84.3 Å². The molecule has 1 aromatic heterocycles. The van der Waals surface area contributed by atoms with Crippen molar-refractivity contribution >= 4 is 23.2 Å². The van der Waals surface area contributed by atoms with E-state index in [1.54, 1.807) is 23.3 Å². The topological polar surface area (TPSA) is 74.3 Å². The zero-order valence-corrected chi connectivity index (χ0v) is 26.4. The van der Waals surface area contributed by atoms with Gasteiger partial charge < -0.3 is 15.5 Å². The number of likely N-dealkylation sites (N-methyl/N-ethyl adjacent to an activating group) is 1. The normalized spacial score (nSPS) is 13.7. The Kier molecular flexibility index (Phi) is 13.0. The highest BCUT2D eigenvalue weighted by Gasteiger charge is 2.28. The average Bonchev–Trinajstić information content (AvgIpc) is 3.43. The minimum absolute atomic E-state index is 0.00724. The molecule has 1 heterocycles. The van der Waals surface area contributed by atoms with Gasteiger partial charge in [0, 0.05) is 30.8 Å². The van der Waals surface area contributed by atoms with Gasteiger partial charge in [0.05, 0.1) is 23.3 Å². The van der Waals surface area contributed by atoms with Crippen LogP contribution in [0.25, 0.3) is 0 Å². The Morgan fingerprint density at radius 2 is 1.51 bits per heavy atom. The molecule has 3 aromatic rings. The number of hydrogen-bond donors (Lipinski definition) is 2. The molecule has 0 aliphatic heterocycles. The molecule has 222 valence electrons. The molecule has 0 aliphatic carbocycles. The second-order valence-electron chi connectivity index (χ2n) is 11.8. The van der Waals surface area contributed by atoms with E-state index in [2.05, 4.69) is 78.0 Å². The van der Waals surface area contributed by atoms with Crippen LogP contribution in [0.3, 0.4) is 0 Å². The van der Waals surface area contributed by atoms with Crippen molar-refractivity contribution in [3.8, 4) is 0 Å². The number of urea groups is 1. The number of thiazole rings is 1. The number of aromatic nitrogens is 1. The zero-order valence-electron chi connectivity index (χ0n) is 25.6. The van der Waals surface area contributed by atoms with Crippen molar-refractivity contribution < 1.29 is 9.59 Å². The highest BCUT2D eigenvalue weighted by atomic mass is 32.1. The van der Waals surface area contributed by atoms with Gasteiger partial charge in [0.1, 0.15) is 0 Å². The molecule has 3 atom stereocenters. The van der Waals surface area contributed by atoms with Gasteiger partial charge in [-0.25, -0.2) is 9.78 Å². The van der Waals surface area contributed by atoms with E-state index in [0.29, 0.717) is 24.9 Å². The first-order chi connectivity index (χ1) is 19.7. The lowest BCUT2D eigenvalue weighted by Gasteiger charge is -2.27. The molecule has 0 fully saturated rings. The fourth-order valence-electron chi connectivity index (χ4n) is 5.16. The molecule has 0 radical (unpaired) electrons. The summed E-state index contributed by atoms with van der Waals surface area (Å²) in [6.07, 6.45) is 4.14. The van der Waals surface area contributed by atoms with Gasteiger partial charge in [0.15, 0.2) is 5.78 Å². The third kappa shape index (κ3) is 10.7. The summed E-state index contributed by atoms with van der Waals surface area (Å²) in [5.41, 5.74) is 3.43. The number of Topliss-reactive ketones (excluding diaryl/α,β-unsaturated/α-hetero) is 1. The van der Waals surface area contributed by atoms with Gasteiger partial charge in [0.25, 0.3) is 0 Å². The molecular weight excluding hydrogens is 528 g/mol. The Morgan fingerprint density at radius 1 is 0.902 bits per heavy atom. The number of nitrogens with zero attached hydrogens (tertiary/aromatic N) is 2. The maximum Gasteiger partial charge on any atom is 0.318 e. The predicted molar refractivity (Wildman–Crippen MR) is 170 cm³/mol. The molecule has 2 N–H and O–H groups in total. The SMILES string of the molecule is CN[C@H](CC[C@@H](CC(=O)[C@@H](NC(=O)N(C)Cc1csc(C(C)C)n1)C(C)C)Cc1ccccc1)Cc1ccccc1. The average molecular weight is 577 g/mol. The summed E-state index contributed by atoms with van der Waals surface area (Å²) in [4.78, 5) is 33.1. The number of rotatable bonds is 16. The van der Waals surface area contributed by atoms with Crippen LogP contribution in [-0.4, -0.2) is 47.9 Å². The molecule has 6 nitrogen and oxygen atoms in total. The van der Waals surface area contributed by atoms with Crippen molar-refractivity contribution in [3.05, 3.63) is 87.9 Å². The maximum atomic E-state index is 13.7. The van der Waals surface area contributed by atoms with E-state index in [1.807, 2.05) is 38.4 Å². The Bertz CT molecular complexity index is 1200. The Morgan fingerprint density at radius 3 is 2.05 bits per heavy atom. The van der Waals surface area contributed by atoms with Crippen LogP contribution in [0.1, 0.15) is 74.7 Å². The van der Waals surface area contributed by atoms with E-state index in [9.17, 15) is 9.59 Å². The van der Waals surface area contributed by atoms with Gasteiger partial charge in [0.2, 0.25) is 0 Å². The molecule has 2 amide bonds. The Balaban J connectivity index is 1.65. The zero-order chi connectivity index (χ0) is 29.8. The fourth-order valence-corrected chi connectivity index (χ4v) is 5.98. The van der Waals surface area contributed by atoms with Gasteiger partial charge in [-0.15, -0.1) is 11.3 Å².